The molecule has 1 fully saturated rings. The first-order chi connectivity index (χ1) is 17.6. The second kappa shape index (κ2) is 11.2. The number of thioether (sulfide) groups is 1. The molecule has 1 aliphatic rings. The maximum absolute atomic E-state index is 12.8. The number of pyridine rings is 1. The Balaban J connectivity index is 1.28. The molecule has 2 aromatic carbocycles. The van der Waals surface area contributed by atoms with E-state index in [0.29, 0.717) is 12.5 Å². The molecule has 2 aromatic heterocycles. The van der Waals surface area contributed by atoms with E-state index in [0.717, 1.165) is 50.8 Å². The molecular formula is C29H32N4O2S. The van der Waals surface area contributed by atoms with Crippen molar-refractivity contribution in [3.05, 3.63) is 83.7 Å². The minimum Gasteiger partial charge on any atom is -0.497 e. The van der Waals surface area contributed by atoms with E-state index in [1.807, 2.05) is 48.7 Å². The van der Waals surface area contributed by atoms with Crippen LogP contribution in [0.5, 0.6) is 5.75 Å². The molecule has 1 aliphatic carbocycles. The number of methoxy groups -OCH3 is 1. The van der Waals surface area contributed by atoms with Gasteiger partial charge in [-0.3, -0.25) is 9.78 Å². The van der Waals surface area contributed by atoms with Crippen LogP contribution in [0.1, 0.15) is 54.1 Å². The molecular weight excluding hydrogens is 468 g/mol. The van der Waals surface area contributed by atoms with Crippen LogP contribution in [0.4, 0.5) is 0 Å². The molecule has 6 nitrogen and oxygen atoms in total. The number of carbonyl (C=O) groups is 1. The number of hydrogen-bond donors (Lipinski definition) is 1. The number of amides is 1. The van der Waals surface area contributed by atoms with Crippen molar-refractivity contribution in [1.82, 2.24) is 19.9 Å². The predicted octanol–water partition coefficient (Wildman–Crippen LogP) is 6.09. The zero-order valence-corrected chi connectivity index (χ0v) is 21.6. The monoisotopic (exact) mass is 500 g/mol. The van der Waals surface area contributed by atoms with Crippen LogP contribution in [0.3, 0.4) is 0 Å². The number of imidazole rings is 1. The van der Waals surface area contributed by atoms with Gasteiger partial charge in [0.1, 0.15) is 5.75 Å². The van der Waals surface area contributed by atoms with Crippen LogP contribution in [0, 0.1) is 5.92 Å². The first-order valence-electron chi connectivity index (χ1n) is 12.6. The minimum atomic E-state index is 0.0283. The molecule has 0 bridgehead atoms. The van der Waals surface area contributed by atoms with Crippen LogP contribution in [-0.2, 0) is 12.3 Å². The fourth-order valence-electron chi connectivity index (χ4n) is 4.85. The topological polar surface area (TPSA) is 69.0 Å². The third-order valence-electron chi connectivity index (χ3n) is 7.00. The normalized spacial score (nSPS) is 17.7. The fourth-order valence-corrected chi connectivity index (χ4v) is 5.82. The smallest absolute Gasteiger partial charge is 0.251 e. The summed E-state index contributed by atoms with van der Waals surface area (Å²) in [5, 5.41) is 4.18. The van der Waals surface area contributed by atoms with Gasteiger partial charge in [0.2, 0.25) is 0 Å². The van der Waals surface area contributed by atoms with Crippen molar-refractivity contribution >= 4 is 28.7 Å². The average molecular weight is 501 g/mol. The van der Waals surface area contributed by atoms with Gasteiger partial charge in [-0.05, 0) is 60.2 Å². The molecule has 36 heavy (non-hydrogen) atoms. The number of nitrogens with zero attached hydrogens (tertiary/aromatic N) is 3. The van der Waals surface area contributed by atoms with Gasteiger partial charge < -0.3 is 14.6 Å². The van der Waals surface area contributed by atoms with E-state index in [9.17, 15) is 4.79 Å². The molecule has 7 heteroatoms. The number of nitrogens with one attached hydrogen (secondary N) is 1. The number of benzene rings is 2. The minimum absolute atomic E-state index is 0.0283. The molecule has 0 saturated heterocycles. The number of carbonyl (C=O) groups excluding carboxylic acids is 1. The van der Waals surface area contributed by atoms with E-state index >= 15 is 0 Å². The van der Waals surface area contributed by atoms with E-state index in [1.54, 1.807) is 25.1 Å². The summed E-state index contributed by atoms with van der Waals surface area (Å²) < 4.78 is 7.60. The summed E-state index contributed by atoms with van der Waals surface area (Å²) in [4.78, 5) is 22.0. The summed E-state index contributed by atoms with van der Waals surface area (Å²) in [6.07, 6.45) is 8.38. The Morgan fingerprint density at radius 3 is 2.75 bits per heavy atom. The zero-order valence-electron chi connectivity index (χ0n) is 20.8. The lowest BCUT2D eigenvalue weighted by molar-refractivity contribution is 0.0910. The van der Waals surface area contributed by atoms with Gasteiger partial charge in [-0.15, -0.1) is 0 Å². The van der Waals surface area contributed by atoms with Crippen LogP contribution in [0.15, 0.2) is 72.1 Å². The van der Waals surface area contributed by atoms with E-state index < -0.39 is 0 Å². The van der Waals surface area contributed by atoms with E-state index in [2.05, 4.69) is 33.9 Å². The van der Waals surface area contributed by atoms with Gasteiger partial charge in [0.05, 0.1) is 30.9 Å². The Labute approximate surface area is 216 Å². The Kier molecular flexibility index (Phi) is 7.56. The molecule has 2 unspecified atom stereocenters. The Bertz CT molecular complexity index is 1330. The fraction of sp³-hybridized carbons (Fsp3) is 0.345. The summed E-state index contributed by atoms with van der Waals surface area (Å²) >= 11 is 1.69. The van der Waals surface area contributed by atoms with Crippen molar-refractivity contribution in [3.8, 4) is 5.75 Å². The second-order valence-electron chi connectivity index (χ2n) is 9.52. The molecule has 0 spiro atoms. The predicted molar refractivity (Wildman–Crippen MR) is 145 cm³/mol. The number of aromatic nitrogens is 3. The van der Waals surface area contributed by atoms with Crippen molar-refractivity contribution in [2.24, 2.45) is 5.92 Å². The summed E-state index contributed by atoms with van der Waals surface area (Å²) in [5.41, 5.74) is 4.95. The molecule has 1 saturated carbocycles. The zero-order chi connectivity index (χ0) is 24.9. The summed E-state index contributed by atoms with van der Waals surface area (Å²) in [7, 11) is 1.68. The first-order valence-corrected chi connectivity index (χ1v) is 13.5. The van der Waals surface area contributed by atoms with Gasteiger partial charge in [-0.2, -0.15) is 0 Å². The molecule has 1 amide bonds. The van der Waals surface area contributed by atoms with E-state index in [-0.39, 0.29) is 11.9 Å². The number of rotatable bonds is 8. The number of fused-ring (bicyclic) bond motifs is 1. The maximum Gasteiger partial charge on any atom is 0.251 e. The van der Waals surface area contributed by atoms with Crippen LogP contribution >= 0.6 is 11.8 Å². The summed E-state index contributed by atoms with van der Waals surface area (Å²) in [6.45, 7) is 2.92. The summed E-state index contributed by atoms with van der Waals surface area (Å²) in [5.74, 6) is 2.17. The van der Waals surface area contributed by atoms with Crippen LogP contribution < -0.4 is 10.1 Å². The average Bonchev–Trinajstić information content (AvgIpc) is 3.26. The molecule has 186 valence electrons. The number of hydrogen-bond acceptors (Lipinski definition) is 5. The van der Waals surface area contributed by atoms with Crippen molar-refractivity contribution in [1.29, 1.82) is 0 Å². The van der Waals surface area contributed by atoms with Gasteiger partial charge >= 0.3 is 0 Å². The van der Waals surface area contributed by atoms with Gasteiger partial charge in [-0.1, -0.05) is 55.8 Å². The van der Waals surface area contributed by atoms with Crippen LogP contribution in [0.2, 0.25) is 0 Å². The van der Waals surface area contributed by atoms with E-state index in [4.69, 9.17) is 9.72 Å². The molecule has 5 rings (SSSR count). The Morgan fingerprint density at radius 2 is 1.94 bits per heavy atom. The van der Waals surface area contributed by atoms with Crippen molar-refractivity contribution in [2.75, 3.05) is 7.11 Å². The lowest BCUT2D eigenvalue weighted by Crippen LogP contribution is -2.41. The SMILES string of the molecule is COc1cccc(Cn2c(SCc3ccc(C(=O)NC4CCCCC4C)cc3)nc3ccncc32)c1. The highest BCUT2D eigenvalue weighted by Crippen LogP contribution is 2.28. The van der Waals surface area contributed by atoms with Crippen LogP contribution in [-0.4, -0.2) is 33.6 Å². The van der Waals surface area contributed by atoms with E-state index in [1.165, 1.54) is 19.3 Å². The standard InChI is InChI=1S/C29H32N4O2S/c1-20-6-3-4-9-25(20)31-28(34)23-12-10-21(11-13-23)19-36-29-32-26-14-15-30-17-27(26)33(29)18-22-7-5-8-24(16-22)35-2/h5,7-8,10-17,20,25H,3-4,6,9,18-19H2,1-2H3,(H,31,34). The molecule has 0 radical (unpaired) electrons. The lowest BCUT2D eigenvalue weighted by Gasteiger charge is -2.29. The summed E-state index contributed by atoms with van der Waals surface area (Å²) in [6, 6.07) is 18.3. The third-order valence-corrected chi connectivity index (χ3v) is 8.05. The molecule has 2 atom stereocenters. The quantitative estimate of drug-likeness (QED) is 0.297. The molecule has 2 heterocycles. The molecule has 0 aliphatic heterocycles. The highest BCUT2D eigenvalue weighted by atomic mass is 32.2. The molecule has 1 N–H and O–H groups in total. The third kappa shape index (κ3) is 5.57. The van der Waals surface area contributed by atoms with Crippen molar-refractivity contribution < 1.29 is 9.53 Å². The Morgan fingerprint density at radius 1 is 1.11 bits per heavy atom. The highest BCUT2D eigenvalue weighted by Gasteiger charge is 2.23. The van der Waals surface area contributed by atoms with Gasteiger partial charge in [0, 0.05) is 23.6 Å². The number of ether oxygens (including phenoxy) is 1. The highest BCUT2D eigenvalue weighted by molar-refractivity contribution is 7.98. The second-order valence-corrected chi connectivity index (χ2v) is 10.5. The van der Waals surface area contributed by atoms with Gasteiger partial charge in [0.15, 0.2) is 5.16 Å². The maximum atomic E-state index is 12.8. The lowest BCUT2D eigenvalue weighted by atomic mass is 9.86. The Hall–Kier alpha value is -3.32. The van der Waals surface area contributed by atoms with Crippen molar-refractivity contribution in [3.63, 3.8) is 0 Å². The first kappa shape index (κ1) is 24.4. The molecule has 4 aromatic rings. The van der Waals surface area contributed by atoms with Gasteiger partial charge in [-0.25, -0.2) is 4.98 Å². The largest absolute Gasteiger partial charge is 0.497 e. The van der Waals surface area contributed by atoms with Crippen molar-refractivity contribution in [2.45, 2.75) is 56.1 Å². The van der Waals surface area contributed by atoms with Gasteiger partial charge in [0.25, 0.3) is 5.91 Å². The van der Waals surface area contributed by atoms with Crippen LogP contribution in [0.25, 0.3) is 11.0 Å².